The number of rotatable bonds is 3. The lowest BCUT2D eigenvalue weighted by atomic mass is 10.1. The van der Waals surface area contributed by atoms with E-state index in [1.165, 1.54) is 0 Å². The van der Waals surface area contributed by atoms with Crippen LogP contribution in [0.3, 0.4) is 0 Å². The molecule has 1 aromatic rings. The first-order valence-electron chi connectivity index (χ1n) is 3.99. The molecule has 0 saturated carbocycles. The average Bonchev–Trinajstić information content (AvgIpc) is 2.47. The Kier molecular flexibility index (Phi) is 2.95. The van der Waals surface area contributed by atoms with Crippen LogP contribution in [0.1, 0.15) is 30.4 Å². The topological polar surface area (TPSA) is 39.2 Å². The van der Waals surface area contributed by atoms with Gasteiger partial charge in [-0.25, -0.2) is 0 Å². The lowest BCUT2D eigenvalue weighted by molar-refractivity contribution is 0.437. The molecule has 1 heterocycles. The third-order valence-corrected chi connectivity index (χ3v) is 1.73. The van der Waals surface area contributed by atoms with Crippen molar-refractivity contribution in [3.63, 3.8) is 0 Å². The number of hydrogen-bond acceptors (Lipinski definition) is 2. The van der Waals surface area contributed by atoms with E-state index in [0.717, 1.165) is 17.9 Å². The van der Waals surface area contributed by atoms with Crippen LogP contribution in [0.4, 0.5) is 0 Å². The summed E-state index contributed by atoms with van der Waals surface area (Å²) < 4.78 is 5.35. The standard InChI is InChI=1S/C10H13NO/c1-3-4-5-9(11)10-7-6-8(2)12-10/h1,6-7,9H,4-5,11H2,2H3. The third-order valence-electron chi connectivity index (χ3n) is 1.73. The highest BCUT2D eigenvalue weighted by Crippen LogP contribution is 2.17. The molecule has 1 unspecified atom stereocenters. The highest BCUT2D eigenvalue weighted by molar-refractivity contribution is 5.09. The Balaban J connectivity index is 2.54. The van der Waals surface area contributed by atoms with E-state index in [4.69, 9.17) is 16.6 Å². The molecule has 0 radical (unpaired) electrons. The molecule has 0 spiro atoms. The average molecular weight is 163 g/mol. The number of aryl methyl sites for hydroxylation is 1. The molecule has 0 saturated heterocycles. The summed E-state index contributed by atoms with van der Waals surface area (Å²) in [4.78, 5) is 0. The second-order valence-corrected chi connectivity index (χ2v) is 2.80. The maximum Gasteiger partial charge on any atom is 0.120 e. The van der Waals surface area contributed by atoms with E-state index in [1.807, 2.05) is 19.1 Å². The summed E-state index contributed by atoms with van der Waals surface area (Å²) in [6.07, 6.45) is 6.60. The molecule has 0 fully saturated rings. The maximum absolute atomic E-state index is 5.81. The molecule has 0 aliphatic heterocycles. The fraction of sp³-hybridized carbons (Fsp3) is 0.400. The van der Waals surface area contributed by atoms with Crippen molar-refractivity contribution in [2.24, 2.45) is 5.73 Å². The van der Waals surface area contributed by atoms with Crippen molar-refractivity contribution >= 4 is 0 Å². The molecule has 64 valence electrons. The second-order valence-electron chi connectivity index (χ2n) is 2.80. The summed E-state index contributed by atoms with van der Waals surface area (Å²) in [5.41, 5.74) is 5.81. The van der Waals surface area contributed by atoms with Crippen molar-refractivity contribution in [2.75, 3.05) is 0 Å². The SMILES string of the molecule is C#CCCC(N)c1ccc(C)o1. The lowest BCUT2D eigenvalue weighted by Gasteiger charge is -2.04. The molecule has 1 aromatic heterocycles. The molecule has 0 aliphatic carbocycles. The quantitative estimate of drug-likeness (QED) is 0.692. The van der Waals surface area contributed by atoms with Gasteiger partial charge in [0.15, 0.2) is 0 Å². The van der Waals surface area contributed by atoms with Crippen molar-refractivity contribution in [2.45, 2.75) is 25.8 Å². The first kappa shape index (κ1) is 8.89. The number of nitrogens with two attached hydrogens (primary N) is 1. The number of furan rings is 1. The molecule has 12 heavy (non-hydrogen) atoms. The Hall–Kier alpha value is -1.20. The minimum atomic E-state index is -0.0604. The van der Waals surface area contributed by atoms with Gasteiger partial charge < -0.3 is 10.2 Å². The van der Waals surface area contributed by atoms with Crippen molar-refractivity contribution in [1.29, 1.82) is 0 Å². The van der Waals surface area contributed by atoms with Gasteiger partial charge in [0.2, 0.25) is 0 Å². The fourth-order valence-electron chi connectivity index (χ4n) is 1.03. The van der Waals surface area contributed by atoms with Crippen LogP contribution in [0.15, 0.2) is 16.5 Å². The highest BCUT2D eigenvalue weighted by Gasteiger charge is 2.08. The van der Waals surface area contributed by atoms with Gasteiger partial charge in [-0.2, -0.15) is 0 Å². The van der Waals surface area contributed by atoms with Gasteiger partial charge in [0, 0.05) is 6.42 Å². The van der Waals surface area contributed by atoms with E-state index in [1.54, 1.807) is 0 Å². The van der Waals surface area contributed by atoms with E-state index < -0.39 is 0 Å². The van der Waals surface area contributed by atoms with Gasteiger partial charge in [-0.3, -0.25) is 0 Å². The van der Waals surface area contributed by atoms with Gasteiger partial charge in [0.1, 0.15) is 11.5 Å². The molecule has 0 aliphatic rings. The van der Waals surface area contributed by atoms with Crippen LogP contribution < -0.4 is 5.73 Å². The number of terminal acetylenes is 1. The molecular formula is C10H13NO. The molecule has 0 bridgehead atoms. The zero-order chi connectivity index (χ0) is 8.97. The molecule has 2 nitrogen and oxygen atoms in total. The smallest absolute Gasteiger partial charge is 0.120 e. The van der Waals surface area contributed by atoms with Crippen LogP contribution in [-0.4, -0.2) is 0 Å². The summed E-state index contributed by atoms with van der Waals surface area (Å²) in [7, 11) is 0. The number of hydrogen-bond donors (Lipinski definition) is 1. The van der Waals surface area contributed by atoms with E-state index in [9.17, 15) is 0 Å². The maximum atomic E-state index is 5.81. The second kappa shape index (κ2) is 3.99. The van der Waals surface area contributed by atoms with Gasteiger partial charge in [0.25, 0.3) is 0 Å². The lowest BCUT2D eigenvalue weighted by Crippen LogP contribution is -2.08. The summed E-state index contributed by atoms with van der Waals surface area (Å²) >= 11 is 0. The predicted molar refractivity (Wildman–Crippen MR) is 48.4 cm³/mol. The van der Waals surface area contributed by atoms with Crippen LogP contribution in [0.5, 0.6) is 0 Å². The third kappa shape index (κ3) is 2.14. The van der Waals surface area contributed by atoms with Gasteiger partial charge in [-0.15, -0.1) is 12.3 Å². The van der Waals surface area contributed by atoms with Crippen molar-refractivity contribution in [1.82, 2.24) is 0 Å². The van der Waals surface area contributed by atoms with Crippen molar-refractivity contribution in [3.05, 3.63) is 23.7 Å². The first-order valence-corrected chi connectivity index (χ1v) is 3.99. The molecular weight excluding hydrogens is 150 g/mol. The predicted octanol–water partition coefficient (Wildman–Crippen LogP) is 2.00. The van der Waals surface area contributed by atoms with Gasteiger partial charge in [-0.05, 0) is 25.5 Å². The largest absolute Gasteiger partial charge is 0.465 e. The molecule has 1 rings (SSSR count). The summed E-state index contributed by atoms with van der Waals surface area (Å²) in [5, 5.41) is 0. The Labute approximate surface area is 72.8 Å². The van der Waals surface area contributed by atoms with Crippen molar-refractivity contribution < 1.29 is 4.42 Å². The molecule has 0 aromatic carbocycles. The van der Waals surface area contributed by atoms with Crippen LogP contribution >= 0.6 is 0 Å². The van der Waals surface area contributed by atoms with Crippen LogP contribution in [-0.2, 0) is 0 Å². The minimum Gasteiger partial charge on any atom is -0.465 e. The Morgan fingerprint density at radius 2 is 2.42 bits per heavy atom. The Morgan fingerprint density at radius 3 is 2.92 bits per heavy atom. The molecule has 0 amide bonds. The van der Waals surface area contributed by atoms with E-state index >= 15 is 0 Å². The van der Waals surface area contributed by atoms with E-state index in [0.29, 0.717) is 6.42 Å². The normalized spacial score (nSPS) is 12.4. The zero-order valence-electron chi connectivity index (χ0n) is 7.21. The molecule has 1 atom stereocenters. The van der Waals surface area contributed by atoms with Crippen LogP contribution in [0.2, 0.25) is 0 Å². The minimum absolute atomic E-state index is 0.0604. The molecule has 2 heteroatoms. The summed E-state index contributed by atoms with van der Waals surface area (Å²) in [6, 6.07) is 3.75. The fourth-order valence-corrected chi connectivity index (χ4v) is 1.03. The summed E-state index contributed by atoms with van der Waals surface area (Å²) in [5.74, 6) is 4.27. The first-order chi connectivity index (χ1) is 5.74. The van der Waals surface area contributed by atoms with Crippen LogP contribution in [0.25, 0.3) is 0 Å². The Morgan fingerprint density at radius 1 is 1.67 bits per heavy atom. The highest BCUT2D eigenvalue weighted by atomic mass is 16.3. The molecule has 2 N–H and O–H groups in total. The van der Waals surface area contributed by atoms with Gasteiger partial charge >= 0.3 is 0 Å². The van der Waals surface area contributed by atoms with Crippen molar-refractivity contribution in [3.8, 4) is 12.3 Å². The van der Waals surface area contributed by atoms with Gasteiger partial charge in [-0.1, -0.05) is 0 Å². The summed E-state index contributed by atoms with van der Waals surface area (Å²) in [6.45, 7) is 1.90. The van der Waals surface area contributed by atoms with Gasteiger partial charge in [0.05, 0.1) is 6.04 Å². The van der Waals surface area contributed by atoms with Crippen LogP contribution in [0, 0.1) is 19.3 Å². The van der Waals surface area contributed by atoms with E-state index in [2.05, 4.69) is 5.92 Å². The van der Waals surface area contributed by atoms with E-state index in [-0.39, 0.29) is 6.04 Å². The Bertz CT molecular complexity index is 282. The zero-order valence-corrected chi connectivity index (χ0v) is 7.21. The monoisotopic (exact) mass is 163 g/mol.